The first-order chi connectivity index (χ1) is 13.0. The fraction of sp³-hybridized carbons (Fsp3) is 0.375. The number of halogens is 1. The second kappa shape index (κ2) is 8.27. The summed E-state index contributed by atoms with van der Waals surface area (Å²) in [6, 6.07) is 3.88. The number of aromatic nitrogens is 2. The zero-order valence-corrected chi connectivity index (χ0v) is 15.2. The maximum atomic E-state index is 13.0. The first kappa shape index (κ1) is 19.0. The van der Waals surface area contributed by atoms with Gasteiger partial charge in [-0.25, -0.2) is 4.39 Å². The molecule has 11 heteroatoms. The van der Waals surface area contributed by atoms with Crippen molar-refractivity contribution in [2.24, 2.45) is 0 Å². The molecule has 0 radical (unpaired) electrons. The first-order valence-corrected chi connectivity index (χ1v) is 9.05. The van der Waals surface area contributed by atoms with Gasteiger partial charge in [0.15, 0.2) is 0 Å². The summed E-state index contributed by atoms with van der Waals surface area (Å²) in [4.78, 5) is 32.5. The van der Waals surface area contributed by atoms with Crippen molar-refractivity contribution in [2.75, 3.05) is 43.4 Å². The Labute approximate surface area is 158 Å². The molecule has 1 fully saturated rings. The molecule has 2 heterocycles. The number of amides is 2. The number of hydrogen-bond donors (Lipinski definition) is 3. The van der Waals surface area contributed by atoms with E-state index in [1.807, 2.05) is 4.90 Å². The third-order valence-electron chi connectivity index (χ3n) is 4.19. The van der Waals surface area contributed by atoms with E-state index in [-0.39, 0.29) is 17.4 Å². The van der Waals surface area contributed by atoms with Gasteiger partial charge in [-0.1, -0.05) is 0 Å². The van der Waals surface area contributed by atoms with E-state index in [0.717, 1.165) is 12.1 Å². The van der Waals surface area contributed by atoms with Crippen molar-refractivity contribution >= 4 is 34.4 Å². The van der Waals surface area contributed by atoms with Gasteiger partial charge in [0.2, 0.25) is 17.0 Å². The lowest BCUT2D eigenvalue weighted by Gasteiger charge is -2.35. The maximum absolute atomic E-state index is 13.0. The summed E-state index contributed by atoms with van der Waals surface area (Å²) in [5.41, 5.74) is 5.74. The standard InChI is InChI=1S/C16H19FN6O3S/c17-11-3-1-10(2-4-11)13(25)19-12(9-24)14(26)22-5-7-23(8-6-22)16-20-15(18)21-27-16/h1-4,12,24H,5-9H2,(H2,18,21)(H,19,25)/t12-/m0/s1. The van der Waals surface area contributed by atoms with Crippen LogP contribution in [0.2, 0.25) is 0 Å². The van der Waals surface area contributed by atoms with Gasteiger partial charge < -0.3 is 26.0 Å². The number of carbonyl (C=O) groups is 2. The van der Waals surface area contributed by atoms with E-state index in [1.54, 1.807) is 4.90 Å². The molecule has 4 N–H and O–H groups in total. The van der Waals surface area contributed by atoms with Crippen molar-refractivity contribution in [3.05, 3.63) is 35.6 Å². The minimum Gasteiger partial charge on any atom is -0.394 e. The Morgan fingerprint density at radius 3 is 2.48 bits per heavy atom. The third kappa shape index (κ3) is 4.49. The van der Waals surface area contributed by atoms with Gasteiger partial charge in [-0.3, -0.25) is 9.59 Å². The predicted molar refractivity (Wildman–Crippen MR) is 97.9 cm³/mol. The molecule has 0 unspecified atom stereocenters. The van der Waals surface area contributed by atoms with Crippen LogP contribution in [0.4, 0.5) is 15.5 Å². The molecule has 9 nitrogen and oxygen atoms in total. The molecule has 2 amide bonds. The van der Waals surface area contributed by atoms with Crippen LogP contribution < -0.4 is 16.0 Å². The third-order valence-corrected chi connectivity index (χ3v) is 4.98. The van der Waals surface area contributed by atoms with Gasteiger partial charge in [0, 0.05) is 43.3 Å². The largest absolute Gasteiger partial charge is 0.394 e. The van der Waals surface area contributed by atoms with Gasteiger partial charge in [-0.15, -0.1) is 0 Å². The van der Waals surface area contributed by atoms with Crippen LogP contribution in [0.15, 0.2) is 24.3 Å². The first-order valence-electron chi connectivity index (χ1n) is 8.28. The van der Waals surface area contributed by atoms with E-state index in [1.165, 1.54) is 23.7 Å². The quantitative estimate of drug-likeness (QED) is 0.636. The minimum atomic E-state index is -1.06. The molecular weight excluding hydrogens is 375 g/mol. The molecule has 1 aromatic carbocycles. The highest BCUT2D eigenvalue weighted by atomic mass is 32.1. The highest BCUT2D eigenvalue weighted by molar-refractivity contribution is 7.09. The van der Waals surface area contributed by atoms with Gasteiger partial charge in [0.05, 0.1) is 6.61 Å². The van der Waals surface area contributed by atoms with Crippen molar-refractivity contribution in [3.63, 3.8) is 0 Å². The number of nitrogens with zero attached hydrogens (tertiary/aromatic N) is 4. The molecule has 0 bridgehead atoms. The molecular formula is C16H19FN6O3S. The molecule has 27 heavy (non-hydrogen) atoms. The monoisotopic (exact) mass is 394 g/mol. The van der Waals surface area contributed by atoms with Crippen LogP contribution in [0.5, 0.6) is 0 Å². The van der Waals surface area contributed by atoms with Crippen LogP contribution in [-0.4, -0.2) is 70.0 Å². The smallest absolute Gasteiger partial charge is 0.251 e. The fourth-order valence-corrected chi connectivity index (χ4v) is 3.37. The topological polar surface area (TPSA) is 125 Å². The maximum Gasteiger partial charge on any atom is 0.251 e. The second-order valence-corrected chi connectivity index (χ2v) is 6.69. The van der Waals surface area contributed by atoms with Gasteiger partial charge in [0.1, 0.15) is 11.9 Å². The van der Waals surface area contributed by atoms with E-state index >= 15 is 0 Å². The van der Waals surface area contributed by atoms with Crippen molar-refractivity contribution in [1.82, 2.24) is 19.6 Å². The molecule has 0 aliphatic carbocycles. The van der Waals surface area contributed by atoms with Crippen LogP contribution in [0.3, 0.4) is 0 Å². The lowest BCUT2D eigenvalue weighted by atomic mass is 10.1. The Kier molecular flexibility index (Phi) is 5.81. The second-order valence-electron chi connectivity index (χ2n) is 5.96. The van der Waals surface area contributed by atoms with Crippen LogP contribution in [-0.2, 0) is 4.79 Å². The van der Waals surface area contributed by atoms with E-state index in [4.69, 9.17) is 5.73 Å². The number of carbonyl (C=O) groups excluding carboxylic acids is 2. The van der Waals surface area contributed by atoms with Crippen LogP contribution in [0.25, 0.3) is 0 Å². The van der Waals surface area contributed by atoms with Crippen molar-refractivity contribution in [2.45, 2.75) is 6.04 Å². The number of nitrogen functional groups attached to an aromatic ring is 1. The van der Waals surface area contributed by atoms with Crippen LogP contribution in [0.1, 0.15) is 10.4 Å². The van der Waals surface area contributed by atoms with Crippen molar-refractivity contribution in [1.29, 1.82) is 0 Å². The normalized spacial score (nSPS) is 15.5. The van der Waals surface area contributed by atoms with Crippen LogP contribution >= 0.6 is 11.5 Å². The number of aliphatic hydroxyl groups excluding tert-OH is 1. The molecule has 1 aliphatic heterocycles. The molecule has 0 saturated carbocycles. The average molecular weight is 394 g/mol. The number of nitrogens with one attached hydrogen (secondary N) is 1. The molecule has 144 valence electrons. The number of anilines is 2. The Morgan fingerprint density at radius 2 is 1.93 bits per heavy atom. The van der Waals surface area contributed by atoms with E-state index in [0.29, 0.717) is 31.3 Å². The summed E-state index contributed by atoms with van der Waals surface area (Å²) in [7, 11) is 0. The fourth-order valence-electron chi connectivity index (χ4n) is 2.72. The number of nitrogens with two attached hydrogens (primary N) is 1. The van der Waals surface area contributed by atoms with Gasteiger partial charge in [-0.2, -0.15) is 9.36 Å². The molecule has 1 atom stereocenters. The number of aliphatic hydroxyl groups is 1. The number of hydrogen-bond acceptors (Lipinski definition) is 8. The molecule has 0 spiro atoms. The molecule has 2 aromatic rings. The van der Waals surface area contributed by atoms with Crippen molar-refractivity contribution in [3.8, 4) is 0 Å². The molecule has 3 rings (SSSR count). The van der Waals surface area contributed by atoms with E-state index < -0.39 is 24.4 Å². The lowest BCUT2D eigenvalue weighted by Crippen LogP contribution is -2.56. The molecule has 1 saturated heterocycles. The number of benzene rings is 1. The summed E-state index contributed by atoms with van der Waals surface area (Å²) >= 11 is 1.20. The molecule has 1 aliphatic rings. The van der Waals surface area contributed by atoms with Gasteiger partial charge in [0.25, 0.3) is 5.91 Å². The number of rotatable bonds is 5. The van der Waals surface area contributed by atoms with Crippen LogP contribution in [0, 0.1) is 5.82 Å². The van der Waals surface area contributed by atoms with E-state index in [2.05, 4.69) is 14.7 Å². The number of piperazine rings is 1. The summed E-state index contributed by atoms with van der Waals surface area (Å²) < 4.78 is 16.9. The van der Waals surface area contributed by atoms with Gasteiger partial charge in [-0.05, 0) is 24.3 Å². The highest BCUT2D eigenvalue weighted by Gasteiger charge is 2.29. The van der Waals surface area contributed by atoms with E-state index in [9.17, 15) is 19.1 Å². The summed E-state index contributed by atoms with van der Waals surface area (Å²) in [5.74, 6) is -1.16. The Bertz CT molecular complexity index is 807. The Hall–Kier alpha value is -2.79. The minimum absolute atomic E-state index is 0.210. The SMILES string of the molecule is Nc1nsc(N2CCN(C(=O)[C@H](CO)NC(=O)c3ccc(F)cc3)CC2)n1. The van der Waals surface area contributed by atoms with Crippen molar-refractivity contribution < 1.29 is 19.1 Å². The van der Waals surface area contributed by atoms with Gasteiger partial charge >= 0.3 is 0 Å². The summed E-state index contributed by atoms with van der Waals surface area (Å²) in [6.45, 7) is 1.40. The summed E-state index contributed by atoms with van der Waals surface area (Å²) in [6.07, 6.45) is 0. The Balaban J connectivity index is 1.57. The summed E-state index contributed by atoms with van der Waals surface area (Å²) in [5, 5.41) is 12.7. The Morgan fingerprint density at radius 1 is 1.26 bits per heavy atom. The predicted octanol–water partition coefficient (Wildman–Crippen LogP) is -0.301. The lowest BCUT2D eigenvalue weighted by molar-refractivity contribution is -0.134. The average Bonchev–Trinajstić information content (AvgIpc) is 3.12. The highest BCUT2D eigenvalue weighted by Crippen LogP contribution is 2.20. The zero-order chi connectivity index (χ0) is 19.4. The molecule has 1 aromatic heterocycles. The zero-order valence-electron chi connectivity index (χ0n) is 14.3.